The zero-order valence-corrected chi connectivity index (χ0v) is 13.2. The summed E-state index contributed by atoms with van der Waals surface area (Å²) in [5.41, 5.74) is 5.47. The second kappa shape index (κ2) is 6.75. The molecule has 0 radical (unpaired) electrons. The van der Waals surface area contributed by atoms with E-state index in [1.807, 2.05) is 0 Å². The van der Waals surface area contributed by atoms with Gasteiger partial charge in [0.05, 0.1) is 0 Å². The monoisotopic (exact) mass is 270 g/mol. The Morgan fingerprint density at radius 3 is 2.50 bits per heavy atom. The SMILES string of the molecule is C#C.C=C(C(C)=O)C1CCC(C)=C2C(C)C=C(C)C2C1. The van der Waals surface area contributed by atoms with Gasteiger partial charge in [0.1, 0.15) is 0 Å². The van der Waals surface area contributed by atoms with Gasteiger partial charge >= 0.3 is 0 Å². The van der Waals surface area contributed by atoms with Gasteiger partial charge in [-0.25, -0.2) is 0 Å². The third kappa shape index (κ3) is 3.12. The number of hydrogen-bond acceptors (Lipinski definition) is 1. The molecule has 0 bridgehead atoms. The molecule has 0 spiro atoms. The van der Waals surface area contributed by atoms with Crippen molar-refractivity contribution in [2.75, 3.05) is 0 Å². The van der Waals surface area contributed by atoms with Crippen molar-refractivity contribution in [3.63, 3.8) is 0 Å². The average Bonchev–Trinajstić information content (AvgIpc) is 2.59. The van der Waals surface area contributed by atoms with Gasteiger partial charge in [-0.1, -0.05) is 36.3 Å². The van der Waals surface area contributed by atoms with Crippen LogP contribution in [0.5, 0.6) is 0 Å². The normalized spacial score (nSPS) is 28.7. The van der Waals surface area contributed by atoms with Crippen molar-refractivity contribution in [3.05, 3.63) is 34.9 Å². The van der Waals surface area contributed by atoms with Gasteiger partial charge in [0.2, 0.25) is 0 Å². The highest BCUT2D eigenvalue weighted by atomic mass is 16.1. The Labute approximate surface area is 123 Å². The maximum atomic E-state index is 11.5. The van der Waals surface area contributed by atoms with Crippen molar-refractivity contribution in [1.82, 2.24) is 0 Å². The van der Waals surface area contributed by atoms with Gasteiger partial charge in [0.25, 0.3) is 0 Å². The average molecular weight is 270 g/mol. The molecule has 2 rings (SSSR count). The largest absolute Gasteiger partial charge is 0.295 e. The highest BCUT2D eigenvalue weighted by Crippen LogP contribution is 2.46. The van der Waals surface area contributed by atoms with Crippen LogP contribution in [0.25, 0.3) is 0 Å². The lowest BCUT2D eigenvalue weighted by molar-refractivity contribution is -0.114. The van der Waals surface area contributed by atoms with Gasteiger partial charge in [-0.3, -0.25) is 4.79 Å². The summed E-state index contributed by atoms with van der Waals surface area (Å²) in [7, 11) is 0. The molecule has 0 aliphatic heterocycles. The molecule has 0 heterocycles. The third-order valence-electron chi connectivity index (χ3n) is 4.75. The Morgan fingerprint density at radius 2 is 1.95 bits per heavy atom. The summed E-state index contributed by atoms with van der Waals surface area (Å²) in [5, 5.41) is 0. The van der Waals surface area contributed by atoms with E-state index in [2.05, 4.69) is 46.3 Å². The first kappa shape index (κ1) is 16.5. The number of carbonyl (C=O) groups excluding carboxylic acids is 1. The number of rotatable bonds is 2. The van der Waals surface area contributed by atoms with Crippen LogP contribution in [0.1, 0.15) is 47.0 Å². The topological polar surface area (TPSA) is 17.1 Å². The Balaban J connectivity index is 0.000000956. The minimum atomic E-state index is 0.161. The van der Waals surface area contributed by atoms with Crippen LogP contribution in [-0.4, -0.2) is 5.78 Å². The van der Waals surface area contributed by atoms with E-state index < -0.39 is 0 Å². The number of terminal acetylenes is 1. The number of ketones is 1. The van der Waals surface area contributed by atoms with Crippen molar-refractivity contribution in [3.8, 4) is 12.8 Å². The first-order valence-corrected chi connectivity index (χ1v) is 7.32. The number of hydrogen-bond donors (Lipinski definition) is 0. The molecule has 1 heteroatoms. The van der Waals surface area contributed by atoms with Crippen LogP contribution in [0.15, 0.2) is 34.9 Å². The molecule has 3 unspecified atom stereocenters. The summed E-state index contributed by atoms with van der Waals surface area (Å²) in [6, 6.07) is 0. The maximum absolute atomic E-state index is 11.5. The second-order valence-electron chi connectivity index (χ2n) is 6.04. The van der Waals surface area contributed by atoms with Crippen LogP contribution < -0.4 is 0 Å². The van der Waals surface area contributed by atoms with Crippen LogP contribution in [0.3, 0.4) is 0 Å². The Morgan fingerprint density at radius 1 is 1.35 bits per heavy atom. The number of Topliss-reactive ketones (excluding diaryl/α,β-unsaturated/α-hetero) is 1. The summed E-state index contributed by atoms with van der Waals surface area (Å²) >= 11 is 0. The van der Waals surface area contributed by atoms with Crippen LogP contribution in [0, 0.1) is 30.6 Å². The minimum absolute atomic E-state index is 0.161. The number of carbonyl (C=O) groups is 1. The second-order valence-corrected chi connectivity index (χ2v) is 6.04. The molecule has 0 saturated carbocycles. The standard InChI is InChI=1S/C17H24O.C2H2/c1-10-6-7-15(13(4)14(5)18)9-16-11(2)8-12(3)17(10)16;1-2/h8,12,15-16H,4,6-7,9H2,1-3,5H3;1-2H. The number of fused-ring (bicyclic) bond motifs is 1. The van der Waals surface area contributed by atoms with Crippen LogP contribution in [0.2, 0.25) is 0 Å². The lowest BCUT2D eigenvalue weighted by Crippen LogP contribution is -2.14. The van der Waals surface area contributed by atoms with Crippen LogP contribution >= 0.6 is 0 Å². The van der Waals surface area contributed by atoms with Gasteiger partial charge in [-0.05, 0) is 57.4 Å². The van der Waals surface area contributed by atoms with E-state index in [0.29, 0.717) is 17.8 Å². The lowest BCUT2D eigenvalue weighted by Gasteiger charge is -2.21. The van der Waals surface area contributed by atoms with Crippen molar-refractivity contribution in [2.24, 2.45) is 17.8 Å². The fourth-order valence-electron chi connectivity index (χ4n) is 3.70. The molecular formula is C19H26O. The fraction of sp³-hybridized carbons (Fsp3) is 0.526. The third-order valence-corrected chi connectivity index (χ3v) is 4.75. The van der Waals surface area contributed by atoms with Gasteiger partial charge in [-0.15, -0.1) is 12.8 Å². The van der Waals surface area contributed by atoms with E-state index in [-0.39, 0.29) is 5.78 Å². The highest BCUT2D eigenvalue weighted by molar-refractivity contribution is 5.93. The van der Waals surface area contributed by atoms with Gasteiger partial charge < -0.3 is 0 Å². The molecule has 3 atom stereocenters. The predicted octanol–water partition coefficient (Wildman–Crippen LogP) is 4.71. The van der Waals surface area contributed by atoms with Crippen LogP contribution in [0.4, 0.5) is 0 Å². The van der Waals surface area contributed by atoms with E-state index in [9.17, 15) is 4.79 Å². The van der Waals surface area contributed by atoms with E-state index in [1.165, 1.54) is 5.57 Å². The smallest absolute Gasteiger partial charge is 0.155 e. The van der Waals surface area contributed by atoms with E-state index in [4.69, 9.17) is 0 Å². The lowest BCUT2D eigenvalue weighted by atomic mass is 9.82. The molecular weight excluding hydrogens is 244 g/mol. The van der Waals surface area contributed by atoms with Crippen molar-refractivity contribution in [1.29, 1.82) is 0 Å². The molecule has 0 aromatic heterocycles. The van der Waals surface area contributed by atoms with E-state index >= 15 is 0 Å². The van der Waals surface area contributed by atoms with Gasteiger partial charge in [-0.2, -0.15) is 0 Å². The zero-order chi connectivity index (χ0) is 15.4. The molecule has 0 fully saturated rings. The molecule has 0 saturated heterocycles. The van der Waals surface area contributed by atoms with Crippen molar-refractivity contribution < 1.29 is 4.79 Å². The summed E-state index contributed by atoms with van der Waals surface area (Å²) in [6.45, 7) is 12.5. The zero-order valence-electron chi connectivity index (χ0n) is 13.2. The Bertz CT molecular complexity index is 487. The molecule has 0 aromatic rings. The summed E-state index contributed by atoms with van der Waals surface area (Å²) < 4.78 is 0. The summed E-state index contributed by atoms with van der Waals surface area (Å²) in [4.78, 5) is 11.5. The fourth-order valence-corrected chi connectivity index (χ4v) is 3.70. The predicted molar refractivity (Wildman–Crippen MR) is 86.2 cm³/mol. The minimum Gasteiger partial charge on any atom is -0.295 e. The Hall–Kier alpha value is -1.55. The molecule has 0 amide bonds. The molecule has 20 heavy (non-hydrogen) atoms. The first-order valence-electron chi connectivity index (χ1n) is 7.32. The van der Waals surface area contributed by atoms with Crippen LogP contribution in [-0.2, 0) is 4.79 Å². The highest BCUT2D eigenvalue weighted by Gasteiger charge is 2.33. The maximum Gasteiger partial charge on any atom is 0.155 e. The summed E-state index contributed by atoms with van der Waals surface area (Å²) in [5.74, 6) is 1.67. The molecule has 0 N–H and O–H groups in total. The quantitative estimate of drug-likeness (QED) is 0.403. The summed E-state index contributed by atoms with van der Waals surface area (Å²) in [6.07, 6.45) is 13.7. The number of allylic oxidation sites excluding steroid dienone is 5. The molecule has 1 nitrogen and oxygen atoms in total. The van der Waals surface area contributed by atoms with E-state index in [1.54, 1.807) is 18.1 Å². The molecule has 2 aliphatic carbocycles. The molecule has 2 aliphatic rings. The van der Waals surface area contributed by atoms with E-state index in [0.717, 1.165) is 24.8 Å². The molecule has 108 valence electrons. The first-order chi connectivity index (χ1) is 9.41. The molecule has 0 aromatic carbocycles. The van der Waals surface area contributed by atoms with Gasteiger partial charge in [0, 0.05) is 5.92 Å². The van der Waals surface area contributed by atoms with Gasteiger partial charge in [0.15, 0.2) is 5.78 Å². The van der Waals surface area contributed by atoms with Crippen molar-refractivity contribution >= 4 is 5.78 Å². The van der Waals surface area contributed by atoms with Crippen molar-refractivity contribution in [2.45, 2.75) is 47.0 Å². The Kier molecular flexibility index (Phi) is 5.57.